The van der Waals surface area contributed by atoms with Crippen LogP contribution in [0.15, 0.2) is 78.9 Å². The van der Waals surface area contributed by atoms with Crippen LogP contribution >= 0.6 is 0 Å². The third kappa shape index (κ3) is 9.52. The molecule has 0 spiro atoms. The molecule has 0 fully saturated rings. The molecule has 168 valence electrons. The van der Waals surface area contributed by atoms with Crippen molar-refractivity contribution in [1.82, 2.24) is 0 Å². The molecule has 0 heterocycles. The minimum Gasteiger partial charge on any atom is -0.497 e. The van der Waals surface area contributed by atoms with Crippen molar-refractivity contribution in [2.45, 2.75) is 33.0 Å². The number of hydrogen-bond acceptors (Lipinski definition) is 4. The number of hydrogen-bond donors (Lipinski definition) is 1. The van der Waals surface area contributed by atoms with Crippen LogP contribution in [0.3, 0.4) is 0 Å². The van der Waals surface area contributed by atoms with E-state index in [1.807, 2.05) is 49.4 Å². The lowest BCUT2D eigenvalue weighted by atomic mass is 9.85. The maximum Gasteiger partial charge on any atom is 0.118 e. The second-order valence-corrected chi connectivity index (χ2v) is 7.74. The average molecular weight is 425 g/mol. The normalized spacial score (nSPS) is 13.3. The molecule has 4 nitrogen and oxygen atoms in total. The van der Waals surface area contributed by atoms with Gasteiger partial charge >= 0.3 is 0 Å². The van der Waals surface area contributed by atoms with Gasteiger partial charge in [-0.2, -0.15) is 0 Å². The van der Waals surface area contributed by atoms with Gasteiger partial charge in [-0.3, -0.25) is 0 Å². The van der Waals surface area contributed by atoms with E-state index in [2.05, 4.69) is 30.9 Å². The van der Waals surface area contributed by atoms with Gasteiger partial charge in [0.1, 0.15) is 5.75 Å². The summed E-state index contributed by atoms with van der Waals surface area (Å²) >= 11 is 0. The Kier molecular flexibility index (Phi) is 11.7. The predicted octanol–water partition coefficient (Wildman–Crippen LogP) is 5.57. The van der Waals surface area contributed by atoms with E-state index in [1.165, 1.54) is 5.56 Å². The highest BCUT2D eigenvalue weighted by Crippen LogP contribution is 2.24. The standard InChI is InChI=1S/C27H36O4/c1-22(2)27(19-28)25(16-18-31-20-23-9-5-4-6-10-23)11-7-8-17-30-21-24-12-14-26(29-3)15-13-24/h4-7,9-15,25,27-28H,1,8,16-21H2,2-3H3/b11-7+. The first kappa shape index (κ1) is 24.9. The third-order valence-electron chi connectivity index (χ3n) is 5.29. The Morgan fingerprint density at radius 1 is 0.968 bits per heavy atom. The fourth-order valence-corrected chi connectivity index (χ4v) is 3.41. The molecular weight excluding hydrogens is 388 g/mol. The van der Waals surface area contributed by atoms with Gasteiger partial charge in [0.15, 0.2) is 0 Å². The van der Waals surface area contributed by atoms with Crippen molar-refractivity contribution in [2.75, 3.05) is 26.9 Å². The smallest absolute Gasteiger partial charge is 0.118 e. The van der Waals surface area contributed by atoms with Crippen LogP contribution in [0.1, 0.15) is 30.9 Å². The Morgan fingerprint density at radius 2 is 1.61 bits per heavy atom. The molecule has 2 atom stereocenters. The predicted molar refractivity (Wildman–Crippen MR) is 126 cm³/mol. The summed E-state index contributed by atoms with van der Waals surface area (Å²) in [7, 11) is 1.66. The van der Waals surface area contributed by atoms with Crippen LogP contribution in [-0.4, -0.2) is 32.0 Å². The van der Waals surface area contributed by atoms with Crippen molar-refractivity contribution in [3.63, 3.8) is 0 Å². The monoisotopic (exact) mass is 424 g/mol. The van der Waals surface area contributed by atoms with Gasteiger partial charge in [0.05, 0.1) is 33.5 Å². The molecule has 2 rings (SSSR count). The minimum absolute atomic E-state index is 0.0387. The van der Waals surface area contributed by atoms with Gasteiger partial charge in [0.2, 0.25) is 0 Å². The molecule has 31 heavy (non-hydrogen) atoms. The zero-order valence-electron chi connectivity index (χ0n) is 18.8. The van der Waals surface area contributed by atoms with Crippen LogP contribution in [0.2, 0.25) is 0 Å². The summed E-state index contributed by atoms with van der Waals surface area (Å²) < 4.78 is 16.8. The molecule has 0 bridgehead atoms. The zero-order valence-corrected chi connectivity index (χ0v) is 18.8. The molecule has 0 saturated carbocycles. The highest BCUT2D eigenvalue weighted by molar-refractivity contribution is 5.26. The number of ether oxygens (including phenoxy) is 3. The molecule has 2 aromatic rings. The van der Waals surface area contributed by atoms with Crippen molar-refractivity contribution in [3.05, 3.63) is 90.0 Å². The van der Waals surface area contributed by atoms with Gasteiger partial charge in [-0.05, 0) is 48.9 Å². The van der Waals surface area contributed by atoms with E-state index in [0.29, 0.717) is 26.4 Å². The fourth-order valence-electron chi connectivity index (χ4n) is 3.41. The largest absolute Gasteiger partial charge is 0.497 e. The van der Waals surface area contributed by atoms with E-state index >= 15 is 0 Å². The molecule has 0 aliphatic carbocycles. The van der Waals surface area contributed by atoms with E-state index < -0.39 is 0 Å². The number of rotatable bonds is 15. The summed E-state index contributed by atoms with van der Waals surface area (Å²) in [6.45, 7) is 8.61. The van der Waals surface area contributed by atoms with E-state index in [9.17, 15) is 5.11 Å². The Hall–Kier alpha value is -2.40. The van der Waals surface area contributed by atoms with Gasteiger partial charge in [0.25, 0.3) is 0 Å². The molecule has 0 aliphatic heterocycles. The van der Waals surface area contributed by atoms with E-state index in [-0.39, 0.29) is 18.4 Å². The Labute approximate surface area is 187 Å². The topological polar surface area (TPSA) is 47.9 Å². The average Bonchev–Trinajstić information content (AvgIpc) is 2.79. The fraction of sp³-hybridized carbons (Fsp3) is 0.407. The Morgan fingerprint density at radius 3 is 2.23 bits per heavy atom. The molecule has 1 N–H and O–H groups in total. The summed E-state index contributed by atoms with van der Waals surface area (Å²) in [6, 6.07) is 18.1. The van der Waals surface area contributed by atoms with E-state index in [1.54, 1.807) is 7.11 Å². The number of methoxy groups -OCH3 is 1. The number of benzene rings is 2. The molecular formula is C27H36O4. The van der Waals surface area contributed by atoms with E-state index in [0.717, 1.165) is 29.7 Å². The summed E-state index contributed by atoms with van der Waals surface area (Å²) in [4.78, 5) is 0. The molecule has 2 unspecified atom stereocenters. The van der Waals surface area contributed by atoms with Crippen LogP contribution in [0, 0.1) is 11.8 Å². The maximum atomic E-state index is 9.84. The first-order valence-electron chi connectivity index (χ1n) is 10.9. The second kappa shape index (κ2) is 14.6. The Bertz CT molecular complexity index is 768. The van der Waals surface area contributed by atoms with Gasteiger partial charge in [0, 0.05) is 12.5 Å². The molecule has 0 saturated heterocycles. The quantitative estimate of drug-likeness (QED) is 0.300. The van der Waals surface area contributed by atoms with Crippen LogP contribution in [-0.2, 0) is 22.7 Å². The van der Waals surface area contributed by atoms with Crippen molar-refractivity contribution < 1.29 is 19.3 Å². The second-order valence-electron chi connectivity index (χ2n) is 7.74. The zero-order chi connectivity index (χ0) is 22.3. The number of aliphatic hydroxyl groups is 1. The van der Waals surface area contributed by atoms with Crippen molar-refractivity contribution in [2.24, 2.45) is 11.8 Å². The van der Waals surface area contributed by atoms with Crippen LogP contribution in [0.5, 0.6) is 5.75 Å². The lowest BCUT2D eigenvalue weighted by molar-refractivity contribution is 0.101. The highest BCUT2D eigenvalue weighted by atomic mass is 16.5. The third-order valence-corrected chi connectivity index (χ3v) is 5.29. The van der Waals surface area contributed by atoms with Crippen LogP contribution in [0.25, 0.3) is 0 Å². The summed E-state index contributed by atoms with van der Waals surface area (Å²) in [5, 5.41) is 9.84. The van der Waals surface area contributed by atoms with E-state index in [4.69, 9.17) is 14.2 Å². The lowest BCUT2D eigenvalue weighted by Crippen LogP contribution is -2.19. The summed E-state index contributed by atoms with van der Waals surface area (Å²) in [5.74, 6) is 1.08. The molecule has 0 radical (unpaired) electrons. The van der Waals surface area contributed by atoms with Gasteiger partial charge < -0.3 is 19.3 Å². The van der Waals surface area contributed by atoms with Crippen LogP contribution in [0.4, 0.5) is 0 Å². The molecule has 0 amide bonds. The minimum atomic E-state index is 0.0387. The first-order valence-corrected chi connectivity index (χ1v) is 10.9. The maximum absolute atomic E-state index is 9.84. The van der Waals surface area contributed by atoms with Gasteiger partial charge in [-0.1, -0.05) is 66.8 Å². The molecule has 0 aliphatic rings. The number of allylic oxidation sites excluding steroid dienone is 1. The Balaban J connectivity index is 1.75. The lowest BCUT2D eigenvalue weighted by Gasteiger charge is -2.23. The highest BCUT2D eigenvalue weighted by Gasteiger charge is 2.19. The van der Waals surface area contributed by atoms with Crippen LogP contribution < -0.4 is 4.74 Å². The van der Waals surface area contributed by atoms with Gasteiger partial charge in [-0.15, -0.1) is 0 Å². The summed E-state index contributed by atoms with van der Waals surface area (Å²) in [5.41, 5.74) is 3.29. The molecule has 4 heteroatoms. The molecule has 0 aromatic heterocycles. The van der Waals surface area contributed by atoms with Crippen molar-refractivity contribution in [1.29, 1.82) is 0 Å². The molecule has 2 aromatic carbocycles. The summed E-state index contributed by atoms with van der Waals surface area (Å²) in [6.07, 6.45) is 5.99. The SMILES string of the molecule is C=C(C)C(CO)C(/C=C/CCOCc1ccc(OC)cc1)CCOCc1ccccc1. The van der Waals surface area contributed by atoms with Gasteiger partial charge in [-0.25, -0.2) is 0 Å². The number of aliphatic hydroxyl groups excluding tert-OH is 1. The van der Waals surface area contributed by atoms with Crippen molar-refractivity contribution >= 4 is 0 Å². The van der Waals surface area contributed by atoms with Crippen molar-refractivity contribution in [3.8, 4) is 5.75 Å². The first-order chi connectivity index (χ1) is 15.1.